The number of ether oxygens (including phenoxy) is 1. The maximum atomic E-state index is 12.5. The molecule has 0 fully saturated rings. The zero-order valence-electron chi connectivity index (χ0n) is 13.4. The summed E-state index contributed by atoms with van der Waals surface area (Å²) in [5.74, 6) is 1.33. The van der Waals surface area contributed by atoms with E-state index in [2.05, 4.69) is 0 Å². The van der Waals surface area contributed by atoms with Crippen molar-refractivity contribution in [3.05, 3.63) is 52.9 Å². The Bertz CT molecular complexity index is 644. The van der Waals surface area contributed by atoms with Gasteiger partial charge in [-0.2, -0.15) is 0 Å². The Morgan fingerprint density at radius 1 is 1.25 bits per heavy atom. The number of benzene rings is 1. The van der Waals surface area contributed by atoms with Crippen molar-refractivity contribution in [3.63, 3.8) is 0 Å². The minimum absolute atomic E-state index is 0.0943. The largest absolute Gasteiger partial charge is 0.453 e. The van der Waals surface area contributed by atoms with Crippen molar-refractivity contribution in [2.24, 2.45) is 0 Å². The second-order valence-corrected chi connectivity index (χ2v) is 6.62. The van der Waals surface area contributed by atoms with Crippen LogP contribution in [0.25, 0.3) is 0 Å². The first-order valence-corrected chi connectivity index (χ1v) is 8.86. The Labute approximate surface area is 150 Å². The Morgan fingerprint density at radius 2 is 2.00 bits per heavy atom. The van der Waals surface area contributed by atoms with Crippen LogP contribution in [-0.4, -0.2) is 48.5 Å². The number of aliphatic hydroxyl groups is 1. The van der Waals surface area contributed by atoms with Gasteiger partial charge in [0.05, 0.1) is 6.61 Å². The van der Waals surface area contributed by atoms with Gasteiger partial charge in [0, 0.05) is 35.9 Å². The third-order valence-electron chi connectivity index (χ3n) is 3.26. The minimum Gasteiger partial charge on any atom is -0.453 e. The molecule has 0 aliphatic rings. The van der Waals surface area contributed by atoms with E-state index in [4.69, 9.17) is 20.8 Å². The highest BCUT2D eigenvalue weighted by atomic mass is 35.5. The van der Waals surface area contributed by atoms with Gasteiger partial charge in [-0.15, -0.1) is 11.8 Å². The maximum absolute atomic E-state index is 12.5. The number of nitrogens with zero attached hydrogens (tertiary/aromatic N) is 1. The lowest BCUT2D eigenvalue weighted by Gasteiger charge is -2.20. The second kappa shape index (κ2) is 9.74. The maximum Gasteiger partial charge on any atom is 0.289 e. The molecule has 2 rings (SSSR count). The fraction of sp³-hybridized carbons (Fsp3) is 0.353. The third kappa shape index (κ3) is 5.56. The topological polar surface area (TPSA) is 62.9 Å². The first-order valence-electron chi connectivity index (χ1n) is 7.50. The predicted octanol–water partition coefficient (Wildman–Crippen LogP) is 3.31. The third-order valence-corrected chi connectivity index (χ3v) is 4.50. The number of thioether (sulfide) groups is 1. The van der Waals surface area contributed by atoms with Crippen LogP contribution in [0.1, 0.15) is 16.3 Å². The highest BCUT2D eigenvalue weighted by Crippen LogP contribution is 2.20. The van der Waals surface area contributed by atoms with Gasteiger partial charge < -0.3 is 19.2 Å². The molecule has 1 heterocycles. The lowest BCUT2D eigenvalue weighted by Crippen LogP contribution is -2.35. The number of aliphatic hydroxyl groups excluding tert-OH is 1. The van der Waals surface area contributed by atoms with E-state index in [1.807, 2.05) is 24.3 Å². The number of furan rings is 1. The fourth-order valence-corrected chi connectivity index (χ4v) is 3.11. The molecule has 1 N–H and O–H groups in total. The molecule has 0 aliphatic carbocycles. The van der Waals surface area contributed by atoms with E-state index < -0.39 is 0 Å². The van der Waals surface area contributed by atoms with Gasteiger partial charge in [-0.05, 0) is 36.4 Å². The molecular formula is C17H20ClNO4S. The number of methoxy groups -OCH3 is 1. The van der Waals surface area contributed by atoms with Crippen molar-refractivity contribution in [1.29, 1.82) is 0 Å². The summed E-state index contributed by atoms with van der Waals surface area (Å²) in [6.45, 7) is 0.996. The molecule has 0 spiro atoms. The van der Waals surface area contributed by atoms with E-state index in [0.717, 1.165) is 4.90 Å². The van der Waals surface area contributed by atoms with Crippen molar-refractivity contribution in [2.75, 3.05) is 32.6 Å². The first kappa shape index (κ1) is 18.9. The van der Waals surface area contributed by atoms with Crippen LogP contribution in [0.2, 0.25) is 5.02 Å². The molecule has 1 amide bonds. The van der Waals surface area contributed by atoms with Gasteiger partial charge in [0.15, 0.2) is 5.76 Å². The smallest absolute Gasteiger partial charge is 0.289 e. The van der Waals surface area contributed by atoms with Crippen molar-refractivity contribution in [1.82, 2.24) is 4.90 Å². The van der Waals surface area contributed by atoms with Crippen LogP contribution in [0.4, 0.5) is 0 Å². The summed E-state index contributed by atoms with van der Waals surface area (Å²) >= 11 is 7.49. The van der Waals surface area contributed by atoms with Crippen molar-refractivity contribution in [3.8, 4) is 0 Å². The summed E-state index contributed by atoms with van der Waals surface area (Å²) in [7, 11) is 1.57. The molecule has 0 radical (unpaired) electrons. The molecule has 0 aliphatic heterocycles. The molecular weight excluding hydrogens is 350 g/mol. The number of hydrogen-bond acceptors (Lipinski definition) is 5. The Morgan fingerprint density at radius 3 is 2.67 bits per heavy atom. The van der Waals surface area contributed by atoms with Gasteiger partial charge in [-0.1, -0.05) is 11.6 Å². The van der Waals surface area contributed by atoms with E-state index in [1.165, 1.54) is 0 Å². The minimum atomic E-state index is -0.233. The van der Waals surface area contributed by atoms with Crippen LogP contribution in [0.5, 0.6) is 0 Å². The fourth-order valence-electron chi connectivity index (χ4n) is 2.11. The van der Waals surface area contributed by atoms with Gasteiger partial charge in [0.25, 0.3) is 5.91 Å². The van der Waals surface area contributed by atoms with Crippen molar-refractivity contribution >= 4 is 29.3 Å². The first-order chi connectivity index (χ1) is 11.6. The summed E-state index contributed by atoms with van der Waals surface area (Å²) in [4.78, 5) is 15.2. The average molecular weight is 370 g/mol. The molecule has 5 nitrogen and oxygen atoms in total. The zero-order chi connectivity index (χ0) is 17.4. The second-order valence-electron chi connectivity index (χ2n) is 5.02. The molecule has 0 atom stereocenters. The zero-order valence-corrected chi connectivity index (χ0v) is 15.0. The monoisotopic (exact) mass is 369 g/mol. The highest BCUT2D eigenvalue weighted by molar-refractivity contribution is 7.99. The van der Waals surface area contributed by atoms with Gasteiger partial charge >= 0.3 is 0 Å². The van der Waals surface area contributed by atoms with Gasteiger partial charge in [0.1, 0.15) is 12.4 Å². The number of carbonyl (C=O) groups excluding carboxylic acids is 1. The molecule has 1 aromatic heterocycles. The van der Waals surface area contributed by atoms with Gasteiger partial charge in [0.2, 0.25) is 0 Å². The Balaban J connectivity index is 1.92. The number of carbonyl (C=O) groups is 1. The molecule has 24 heavy (non-hydrogen) atoms. The van der Waals surface area contributed by atoms with Crippen LogP contribution >= 0.6 is 23.4 Å². The molecule has 7 heteroatoms. The standard InChI is InChI=1S/C17H20ClNO4S/c1-22-12-14-4-7-16(23-14)17(21)19(8-10-20)9-11-24-15-5-2-13(18)3-6-15/h2-7,20H,8-12H2,1H3. The van der Waals surface area contributed by atoms with Crippen LogP contribution in [0.3, 0.4) is 0 Å². The molecule has 2 aromatic rings. The number of halogens is 1. The number of hydrogen-bond donors (Lipinski definition) is 1. The molecule has 0 saturated carbocycles. The van der Waals surface area contributed by atoms with Crippen LogP contribution in [0.15, 0.2) is 45.7 Å². The SMILES string of the molecule is COCc1ccc(C(=O)N(CCO)CCSc2ccc(Cl)cc2)o1. The summed E-state index contributed by atoms with van der Waals surface area (Å²) < 4.78 is 10.5. The molecule has 1 aromatic carbocycles. The normalized spacial score (nSPS) is 10.8. The van der Waals surface area contributed by atoms with E-state index in [1.54, 1.807) is 35.9 Å². The summed E-state index contributed by atoms with van der Waals surface area (Å²) in [6, 6.07) is 10.9. The van der Waals surface area contributed by atoms with E-state index >= 15 is 0 Å². The predicted molar refractivity (Wildman–Crippen MR) is 94.6 cm³/mol. The van der Waals surface area contributed by atoms with Crippen LogP contribution < -0.4 is 0 Å². The van der Waals surface area contributed by atoms with Gasteiger partial charge in [-0.25, -0.2) is 0 Å². The van der Waals surface area contributed by atoms with Crippen LogP contribution in [0, 0.1) is 0 Å². The van der Waals surface area contributed by atoms with E-state index in [0.29, 0.717) is 29.7 Å². The summed E-state index contributed by atoms with van der Waals surface area (Å²) in [5, 5.41) is 9.90. The molecule has 0 saturated heterocycles. The molecule has 0 bridgehead atoms. The van der Waals surface area contributed by atoms with E-state index in [-0.39, 0.29) is 24.8 Å². The van der Waals surface area contributed by atoms with Crippen molar-refractivity contribution in [2.45, 2.75) is 11.5 Å². The van der Waals surface area contributed by atoms with E-state index in [9.17, 15) is 9.90 Å². The lowest BCUT2D eigenvalue weighted by atomic mass is 10.3. The van der Waals surface area contributed by atoms with Crippen molar-refractivity contribution < 1.29 is 19.1 Å². The highest BCUT2D eigenvalue weighted by Gasteiger charge is 2.19. The summed E-state index contributed by atoms with van der Waals surface area (Å²) in [5.41, 5.74) is 0. The summed E-state index contributed by atoms with van der Waals surface area (Å²) in [6.07, 6.45) is 0. The molecule has 130 valence electrons. The number of amides is 1. The average Bonchev–Trinajstić information content (AvgIpc) is 3.04. The molecule has 0 unspecified atom stereocenters. The van der Waals surface area contributed by atoms with Crippen LogP contribution in [-0.2, 0) is 11.3 Å². The van der Waals surface area contributed by atoms with Gasteiger partial charge in [-0.3, -0.25) is 4.79 Å². The Hall–Kier alpha value is -1.47. The quantitative estimate of drug-likeness (QED) is 0.687. The Kier molecular flexibility index (Phi) is 7.65. The number of rotatable bonds is 9. The lowest BCUT2D eigenvalue weighted by molar-refractivity contribution is 0.0694.